The molecular formula is C16H23N3S. The lowest BCUT2D eigenvalue weighted by Crippen LogP contribution is -2.07. The lowest BCUT2D eigenvalue weighted by Gasteiger charge is -2.09. The number of hydrogen-bond donors (Lipinski definition) is 1. The third-order valence-electron chi connectivity index (χ3n) is 3.45. The summed E-state index contributed by atoms with van der Waals surface area (Å²) in [7, 11) is 0. The molecule has 0 heterocycles. The fourth-order valence-corrected chi connectivity index (χ4v) is 2.90. The molecular weight excluding hydrogens is 266 g/mol. The summed E-state index contributed by atoms with van der Waals surface area (Å²) in [5, 5.41) is 9.10. The minimum Gasteiger partial charge on any atom is -0.377 e. The molecule has 4 heteroatoms. The van der Waals surface area contributed by atoms with E-state index in [2.05, 4.69) is 22.3 Å². The molecule has 1 aromatic rings. The maximum Gasteiger partial charge on any atom is 0.180 e. The summed E-state index contributed by atoms with van der Waals surface area (Å²) < 4.78 is 0. The van der Waals surface area contributed by atoms with Gasteiger partial charge in [0.2, 0.25) is 0 Å². The van der Waals surface area contributed by atoms with Crippen LogP contribution in [0.5, 0.6) is 0 Å². The van der Waals surface area contributed by atoms with Crippen molar-refractivity contribution in [3.8, 4) is 0 Å². The molecule has 0 bridgehead atoms. The summed E-state index contributed by atoms with van der Waals surface area (Å²) in [6, 6.07) is 10.3. The van der Waals surface area contributed by atoms with Crippen molar-refractivity contribution in [2.45, 2.75) is 50.7 Å². The van der Waals surface area contributed by atoms with Crippen LogP contribution in [0.15, 0.2) is 40.5 Å². The molecule has 0 spiro atoms. The SMILES string of the molecule is N/C(=N/N=C1CCCCCCC1)SCc1ccccc1. The van der Waals surface area contributed by atoms with Crippen LogP contribution in [0.4, 0.5) is 0 Å². The van der Waals surface area contributed by atoms with Crippen LogP contribution in [0.25, 0.3) is 0 Å². The quantitative estimate of drug-likeness (QED) is 0.511. The Balaban J connectivity index is 1.82. The van der Waals surface area contributed by atoms with Gasteiger partial charge in [0.15, 0.2) is 5.17 Å². The molecule has 2 N–H and O–H groups in total. The number of hydrogen-bond acceptors (Lipinski definition) is 3. The molecule has 3 nitrogen and oxygen atoms in total. The van der Waals surface area contributed by atoms with Gasteiger partial charge in [-0.15, -0.1) is 5.10 Å². The van der Waals surface area contributed by atoms with Crippen LogP contribution in [0, 0.1) is 0 Å². The number of benzene rings is 1. The Bertz CT molecular complexity index is 444. The third kappa shape index (κ3) is 5.78. The lowest BCUT2D eigenvalue weighted by atomic mass is 9.99. The first-order valence-corrected chi connectivity index (χ1v) is 8.39. The smallest absolute Gasteiger partial charge is 0.180 e. The maximum atomic E-state index is 5.91. The first-order chi connectivity index (χ1) is 9.84. The molecule has 20 heavy (non-hydrogen) atoms. The molecule has 0 unspecified atom stereocenters. The van der Waals surface area contributed by atoms with E-state index in [1.165, 1.54) is 43.4 Å². The second-order valence-corrected chi connectivity index (χ2v) is 6.14. The van der Waals surface area contributed by atoms with E-state index in [-0.39, 0.29) is 0 Å². The van der Waals surface area contributed by atoms with Gasteiger partial charge in [-0.05, 0) is 31.2 Å². The highest BCUT2D eigenvalue weighted by molar-refractivity contribution is 8.13. The van der Waals surface area contributed by atoms with Gasteiger partial charge >= 0.3 is 0 Å². The normalized spacial score (nSPS) is 17.4. The molecule has 1 fully saturated rings. The zero-order valence-corrected chi connectivity index (χ0v) is 12.7. The van der Waals surface area contributed by atoms with Gasteiger partial charge in [0.1, 0.15) is 0 Å². The molecule has 0 atom stereocenters. The van der Waals surface area contributed by atoms with Gasteiger partial charge < -0.3 is 5.73 Å². The van der Waals surface area contributed by atoms with E-state index in [0.29, 0.717) is 5.17 Å². The molecule has 108 valence electrons. The Morgan fingerprint density at radius 1 is 1.00 bits per heavy atom. The average Bonchev–Trinajstić information content (AvgIpc) is 2.45. The van der Waals surface area contributed by atoms with Crippen molar-refractivity contribution >= 4 is 22.6 Å². The van der Waals surface area contributed by atoms with Crippen molar-refractivity contribution < 1.29 is 0 Å². The number of nitrogens with zero attached hydrogens (tertiary/aromatic N) is 2. The molecule has 0 radical (unpaired) electrons. The fraction of sp³-hybridized carbons (Fsp3) is 0.500. The standard InChI is InChI=1S/C16H23N3S/c17-16(20-13-14-9-5-4-6-10-14)19-18-15-11-7-2-1-3-8-12-15/h4-6,9-10H,1-3,7-8,11-13H2,(H2,17,19). The topological polar surface area (TPSA) is 50.7 Å². The number of rotatable bonds is 3. The second kappa shape index (κ2) is 8.80. The Morgan fingerprint density at radius 2 is 1.65 bits per heavy atom. The number of thioether (sulfide) groups is 1. The van der Waals surface area contributed by atoms with Gasteiger partial charge in [-0.25, -0.2) is 0 Å². The molecule has 1 aliphatic rings. The van der Waals surface area contributed by atoms with Gasteiger partial charge in [0, 0.05) is 11.5 Å². The summed E-state index contributed by atoms with van der Waals surface area (Å²) in [6.45, 7) is 0. The largest absolute Gasteiger partial charge is 0.377 e. The Labute approximate surface area is 125 Å². The first-order valence-electron chi connectivity index (χ1n) is 7.40. The van der Waals surface area contributed by atoms with Crippen molar-refractivity contribution in [2.75, 3.05) is 0 Å². The van der Waals surface area contributed by atoms with Crippen molar-refractivity contribution in [3.05, 3.63) is 35.9 Å². The van der Waals surface area contributed by atoms with Gasteiger partial charge in [-0.1, -0.05) is 61.4 Å². The van der Waals surface area contributed by atoms with E-state index in [9.17, 15) is 0 Å². The van der Waals surface area contributed by atoms with Crippen LogP contribution in [-0.4, -0.2) is 10.9 Å². The monoisotopic (exact) mass is 289 g/mol. The lowest BCUT2D eigenvalue weighted by molar-refractivity contribution is 0.605. The molecule has 1 aromatic carbocycles. The Kier molecular flexibility index (Phi) is 6.64. The molecule has 0 amide bonds. The first kappa shape index (κ1) is 15.1. The average molecular weight is 289 g/mol. The predicted octanol–water partition coefficient (Wildman–Crippen LogP) is 4.33. The van der Waals surface area contributed by atoms with Crippen molar-refractivity contribution in [1.82, 2.24) is 0 Å². The van der Waals surface area contributed by atoms with Crippen LogP contribution < -0.4 is 5.73 Å². The molecule has 1 aliphatic carbocycles. The van der Waals surface area contributed by atoms with Crippen LogP contribution in [0.1, 0.15) is 50.5 Å². The summed E-state index contributed by atoms with van der Waals surface area (Å²) in [6.07, 6.45) is 8.66. The van der Waals surface area contributed by atoms with Gasteiger partial charge in [-0.2, -0.15) is 5.10 Å². The van der Waals surface area contributed by atoms with Crippen molar-refractivity contribution in [2.24, 2.45) is 15.9 Å². The van der Waals surface area contributed by atoms with E-state index in [1.54, 1.807) is 11.8 Å². The van der Waals surface area contributed by atoms with Crippen LogP contribution in [-0.2, 0) is 5.75 Å². The Hall–Kier alpha value is -1.29. The van der Waals surface area contributed by atoms with E-state index in [0.717, 1.165) is 18.6 Å². The van der Waals surface area contributed by atoms with Gasteiger partial charge in [-0.3, -0.25) is 0 Å². The highest BCUT2D eigenvalue weighted by Gasteiger charge is 2.04. The molecule has 0 aliphatic heterocycles. The van der Waals surface area contributed by atoms with Crippen LogP contribution in [0.2, 0.25) is 0 Å². The molecule has 0 saturated heterocycles. The minimum absolute atomic E-state index is 0.559. The van der Waals surface area contributed by atoms with Crippen LogP contribution >= 0.6 is 11.8 Å². The van der Waals surface area contributed by atoms with Crippen molar-refractivity contribution in [3.63, 3.8) is 0 Å². The van der Waals surface area contributed by atoms with E-state index >= 15 is 0 Å². The summed E-state index contributed by atoms with van der Waals surface area (Å²) in [5.74, 6) is 0.848. The molecule has 1 saturated carbocycles. The van der Waals surface area contributed by atoms with Gasteiger partial charge in [0.05, 0.1) is 0 Å². The number of nitrogens with two attached hydrogens (primary N) is 1. The zero-order valence-electron chi connectivity index (χ0n) is 11.9. The minimum atomic E-state index is 0.559. The summed E-state index contributed by atoms with van der Waals surface area (Å²) in [4.78, 5) is 0. The highest BCUT2D eigenvalue weighted by Crippen LogP contribution is 2.16. The van der Waals surface area contributed by atoms with E-state index < -0.39 is 0 Å². The predicted molar refractivity (Wildman–Crippen MR) is 89.1 cm³/mol. The van der Waals surface area contributed by atoms with Gasteiger partial charge in [0.25, 0.3) is 0 Å². The molecule has 0 aromatic heterocycles. The maximum absolute atomic E-state index is 5.91. The second-order valence-electron chi connectivity index (χ2n) is 5.15. The van der Waals surface area contributed by atoms with E-state index in [4.69, 9.17) is 5.73 Å². The van der Waals surface area contributed by atoms with E-state index in [1.807, 2.05) is 18.2 Å². The molecule has 2 rings (SSSR count). The summed E-state index contributed by atoms with van der Waals surface area (Å²) in [5.41, 5.74) is 8.39. The fourth-order valence-electron chi connectivity index (χ4n) is 2.29. The highest BCUT2D eigenvalue weighted by atomic mass is 32.2. The summed E-state index contributed by atoms with van der Waals surface area (Å²) >= 11 is 1.55. The zero-order chi connectivity index (χ0) is 14.0. The Morgan fingerprint density at radius 3 is 2.35 bits per heavy atom. The number of amidine groups is 1. The van der Waals surface area contributed by atoms with Crippen molar-refractivity contribution in [1.29, 1.82) is 0 Å². The third-order valence-corrected chi connectivity index (χ3v) is 4.31. The van der Waals surface area contributed by atoms with Crippen LogP contribution in [0.3, 0.4) is 0 Å².